The van der Waals surface area contributed by atoms with E-state index in [0.717, 1.165) is 6.42 Å². The van der Waals surface area contributed by atoms with Crippen LogP contribution in [0.3, 0.4) is 0 Å². The third-order valence-corrected chi connectivity index (χ3v) is 2.54. The SMILES string of the molecule is CCOC(=O)CCCCC(=O)OCC(C)CC. The lowest BCUT2D eigenvalue weighted by Crippen LogP contribution is -2.11. The van der Waals surface area contributed by atoms with Crippen molar-refractivity contribution in [2.24, 2.45) is 5.92 Å². The first-order valence-electron chi connectivity index (χ1n) is 6.41. The van der Waals surface area contributed by atoms with Gasteiger partial charge in [-0.1, -0.05) is 20.3 Å². The number of carbonyl (C=O) groups excluding carboxylic acids is 2. The maximum Gasteiger partial charge on any atom is 0.305 e. The first kappa shape index (κ1) is 15.9. The Labute approximate surface area is 104 Å². The van der Waals surface area contributed by atoms with Crippen LogP contribution in [0.5, 0.6) is 0 Å². The highest BCUT2D eigenvalue weighted by atomic mass is 16.5. The van der Waals surface area contributed by atoms with Crippen molar-refractivity contribution in [1.82, 2.24) is 0 Å². The molecule has 0 saturated heterocycles. The normalized spacial score (nSPS) is 11.9. The van der Waals surface area contributed by atoms with Gasteiger partial charge < -0.3 is 9.47 Å². The van der Waals surface area contributed by atoms with Gasteiger partial charge in [-0.2, -0.15) is 0 Å². The Morgan fingerprint density at radius 2 is 1.53 bits per heavy atom. The predicted molar refractivity (Wildman–Crippen MR) is 65.5 cm³/mol. The Bertz CT molecular complexity index is 225. The van der Waals surface area contributed by atoms with Crippen LogP contribution in [0.4, 0.5) is 0 Å². The number of rotatable bonds is 9. The fourth-order valence-corrected chi connectivity index (χ4v) is 1.20. The summed E-state index contributed by atoms with van der Waals surface area (Å²) in [5.74, 6) is 0.0492. The second kappa shape index (κ2) is 10.1. The quantitative estimate of drug-likeness (QED) is 0.462. The van der Waals surface area contributed by atoms with Crippen LogP contribution in [0, 0.1) is 5.92 Å². The molecule has 0 aromatic heterocycles. The molecule has 0 aliphatic carbocycles. The minimum Gasteiger partial charge on any atom is -0.466 e. The molecule has 17 heavy (non-hydrogen) atoms. The van der Waals surface area contributed by atoms with Gasteiger partial charge in [0.25, 0.3) is 0 Å². The average molecular weight is 244 g/mol. The molecule has 0 aliphatic heterocycles. The van der Waals surface area contributed by atoms with Gasteiger partial charge in [-0.05, 0) is 25.7 Å². The zero-order valence-electron chi connectivity index (χ0n) is 11.2. The highest BCUT2D eigenvalue weighted by Crippen LogP contribution is 2.05. The molecule has 1 unspecified atom stereocenters. The van der Waals surface area contributed by atoms with Crippen LogP contribution in [0.15, 0.2) is 0 Å². The molecule has 0 aliphatic rings. The summed E-state index contributed by atoms with van der Waals surface area (Å²) in [4.78, 5) is 22.3. The summed E-state index contributed by atoms with van der Waals surface area (Å²) in [7, 11) is 0. The molecular weight excluding hydrogens is 220 g/mol. The van der Waals surface area contributed by atoms with Crippen molar-refractivity contribution in [3.63, 3.8) is 0 Å². The summed E-state index contributed by atoms with van der Waals surface area (Å²) in [6, 6.07) is 0. The zero-order valence-corrected chi connectivity index (χ0v) is 11.2. The van der Waals surface area contributed by atoms with E-state index in [1.807, 2.05) is 6.92 Å². The maximum atomic E-state index is 11.3. The summed E-state index contributed by atoms with van der Waals surface area (Å²) in [5.41, 5.74) is 0. The van der Waals surface area contributed by atoms with Crippen molar-refractivity contribution in [1.29, 1.82) is 0 Å². The molecule has 4 heteroatoms. The third-order valence-electron chi connectivity index (χ3n) is 2.54. The van der Waals surface area contributed by atoms with Gasteiger partial charge in [0, 0.05) is 12.8 Å². The van der Waals surface area contributed by atoms with Crippen molar-refractivity contribution >= 4 is 11.9 Å². The van der Waals surface area contributed by atoms with Gasteiger partial charge in [0.05, 0.1) is 13.2 Å². The average Bonchev–Trinajstić information content (AvgIpc) is 2.32. The van der Waals surface area contributed by atoms with E-state index >= 15 is 0 Å². The highest BCUT2D eigenvalue weighted by Gasteiger charge is 2.07. The van der Waals surface area contributed by atoms with E-state index in [4.69, 9.17) is 9.47 Å². The summed E-state index contributed by atoms with van der Waals surface area (Å²) in [5, 5.41) is 0. The first-order valence-corrected chi connectivity index (χ1v) is 6.41. The number of carbonyl (C=O) groups is 2. The number of hydrogen-bond acceptors (Lipinski definition) is 4. The molecule has 0 saturated carbocycles. The van der Waals surface area contributed by atoms with E-state index in [0.29, 0.717) is 44.8 Å². The van der Waals surface area contributed by atoms with Crippen LogP contribution < -0.4 is 0 Å². The highest BCUT2D eigenvalue weighted by molar-refractivity contribution is 5.70. The number of ether oxygens (including phenoxy) is 2. The first-order chi connectivity index (χ1) is 8.10. The Morgan fingerprint density at radius 1 is 1.00 bits per heavy atom. The minimum atomic E-state index is -0.194. The third kappa shape index (κ3) is 9.85. The smallest absolute Gasteiger partial charge is 0.305 e. The van der Waals surface area contributed by atoms with Crippen LogP contribution in [0.2, 0.25) is 0 Å². The van der Waals surface area contributed by atoms with Gasteiger partial charge in [0.2, 0.25) is 0 Å². The van der Waals surface area contributed by atoms with Crippen molar-refractivity contribution in [2.45, 2.75) is 52.9 Å². The topological polar surface area (TPSA) is 52.6 Å². The van der Waals surface area contributed by atoms with E-state index in [-0.39, 0.29) is 11.9 Å². The molecule has 0 spiro atoms. The molecule has 0 amide bonds. The molecule has 0 N–H and O–H groups in total. The molecule has 0 aromatic rings. The largest absolute Gasteiger partial charge is 0.466 e. The van der Waals surface area contributed by atoms with Crippen molar-refractivity contribution in [3.8, 4) is 0 Å². The van der Waals surface area contributed by atoms with Crippen LogP contribution in [-0.4, -0.2) is 25.2 Å². The van der Waals surface area contributed by atoms with E-state index in [9.17, 15) is 9.59 Å². The molecule has 0 radical (unpaired) electrons. The van der Waals surface area contributed by atoms with Gasteiger partial charge in [-0.15, -0.1) is 0 Å². The molecular formula is C13H24O4. The molecule has 0 rings (SSSR count). The second-order valence-corrected chi connectivity index (χ2v) is 4.21. The number of hydrogen-bond donors (Lipinski definition) is 0. The lowest BCUT2D eigenvalue weighted by molar-refractivity contribution is -0.146. The Hall–Kier alpha value is -1.06. The van der Waals surface area contributed by atoms with Gasteiger partial charge >= 0.3 is 11.9 Å². The summed E-state index contributed by atoms with van der Waals surface area (Å²) in [6.07, 6.45) is 3.13. The number of esters is 2. The van der Waals surface area contributed by atoms with E-state index in [2.05, 4.69) is 6.92 Å². The van der Waals surface area contributed by atoms with Crippen LogP contribution in [-0.2, 0) is 19.1 Å². The maximum absolute atomic E-state index is 11.3. The minimum absolute atomic E-state index is 0.172. The van der Waals surface area contributed by atoms with E-state index in [1.54, 1.807) is 6.92 Å². The molecule has 0 bridgehead atoms. The van der Waals surface area contributed by atoms with Crippen molar-refractivity contribution in [2.75, 3.05) is 13.2 Å². The van der Waals surface area contributed by atoms with Gasteiger partial charge in [-0.25, -0.2) is 0 Å². The van der Waals surface area contributed by atoms with Gasteiger partial charge in [-0.3, -0.25) is 9.59 Å². The van der Waals surface area contributed by atoms with Crippen molar-refractivity contribution < 1.29 is 19.1 Å². The summed E-state index contributed by atoms with van der Waals surface area (Å²) < 4.78 is 9.88. The Kier molecular flexibility index (Phi) is 9.49. The van der Waals surface area contributed by atoms with E-state index in [1.165, 1.54) is 0 Å². The Balaban J connectivity index is 3.42. The van der Waals surface area contributed by atoms with Crippen LogP contribution in [0.25, 0.3) is 0 Å². The molecule has 0 aromatic carbocycles. The van der Waals surface area contributed by atoms with Crippen molar-refractivity contribution in [3.05, 3.63) is 0 Å². The van der Waals surface area contributed by atoms with Crippen LogP contribution in [0.1, 0.15) is 52.9 Å². The predicted octanol–water partition coefficient (Wildman–Crippen LogP) is 2.70. The molecule has 0 heterocycles. The summed E-state index contributed by atoms with van der Waals surface area (Å²) >= 11 is 0. The van der Waals surface area contributed by atoms with E-state index < -0.39 is 0 Å². The monoisotopic (exact) mass is 244 g/mol. The standard InChI is InChI=1S/C13H24O4/c1-4-11(3)10-17-13(15)9-7-6-8-12(14)16-5-2/h11H,4-10H2,1-3H3. The fourth-order valence-electron chi connectivity index (χ4n) is 1.20. The zero-order chi connectivity index (χ0) is 13.1. The Morgan fingerprint density at radius 3 is 2.00 bits per heavy atom. The lowest BCUT2D eigenvalue weighted by atomic mass is 10.1. The second-order valence-electron chi connectivity index (χ2n) is 4.21. The molecule has 1 atom stereocenters. The van der Waals surface area contributed by atoms with Crippen LogP contribution >= 0.6 is 0 Å². The van der Waals surface area contributed by atoms with Gasteiger partial charge in [0.1, 0.15) is 0 Å². The summed E-state index contributed by atoms with van der Waals surface area (Å²) in [6.45, 7) is 6.80. The molecule has 0 fully saturated rings. The lowest BCUT2D eigenvalue weighted by Gasteiger charge is -2.09. The molecule has 100 valence electrons. The number of unbranched alkanes of at least 4 members (excludes halogenated alkanes) is 1. The molecule has 4 nitrogen and oxygen atoms in total. The van der Waals surface area contributed by atoms with Gasteiger partial charge in [0.15, 0.2) is 0 Å². The fraction of sp³-hybridized carbons (Fsp3) is 0.846.